The Hall–Kier alpha value is -2.95. The smallest absolute Gasteiger partial charge is 0.228 e. The van der Waals surface area contributed by atoms with E-state index in [0.717, 1.165) is 11.1 Å². The Kier molecular flexibility index (Phi) is 5.24. The largest absolute Gasteiger partial charge is 0.368 e. The van der Waals surface area contributed by atoms with Gasteiger partial charge in [0.15, 0.2) is 5.72 Å². The quantitative estimate of drug-likeness (QED) is 0.714. The van der Waals surface area contributed by atoms with E-state index in [-0.39, 0.29) is 12.3 Å². The van der Waals surface area contributed by atoms with E-state index in [2.05, 4.69) is 0 Å². The third-order valence-electron chi connectivity index (χ3n) is 5.20. The molecule has 142 valence electrons. The van der Waals surface area contributed by atoms with Gasteiger partial charge in [-0.2, -0.15) is 0 Å². The number of rotatable bonds is 6. The second kappa shape index (κ2) is 7.97. The zero-order valence-corrected chi connectivity index (χ0v) is 15.6. The molecular weight excluding hydrogens is 350 g/mol. The molecule has 0 radical (unpaired) electrons. The minimum atomic E-state index is -1.51. The van der Waals surface area contributed by atoms with Gasteiger partial charge in [-0.1, -0.05) is 91.0 Å². The van der Waals surface area contributed by atoms with Crippen molar-refractivity contribution in [2.24, 2.45) is 0 Å². The predicted molar refractivity (Wildman–Crippen MR) is 107 cm³/mol. The molecular formula is C24H23NO3. The number of nitrogens with zero attached hydrogens (tertiary/aromatic N) is 1. The summed E-state index contributed by atoms with van der Waals surface area (Å²) in [4.78, 5) is 14.4. The van der Waals surface area contributed by atoms with Crippen molar-refractivity contribution in [3.05, 3.63) is 108 Å². The van der Waals surface area contributed by atoms with Gasteiger partial charge in [-0.15, -0.1) is 0 Å². The highest BCUT2D eigenvalue weighted by atomic mass is 16.5. The van der Waals surface area contributed by atoms with Crippen molar-refractivity contribution in [1.29, 1.82) is 0 Å². The van der Waals surface area contributed by atoms with Crippen LogP contribution in [0.2, 0.25) is 0 Å². The van der Waals surface area contributed by atoms with Gasteiger partial charge >= 0.3 is 0 Å². The lowest BCUT2D eigenvalue weighted by atomic mass is 9.97. The molecule has 2 atom stereocenters. The molecule has 3 aromatic rings. The van der Waals surface area contributed by atoms with Crippen molar-refractivity contribution >= 4 is 5.91 Å². The summed E-state index contributed by atoms with van der Waals surface area (Å²) in [5.41, 5.74) is 1.12. The zero-order valence-electron chi connectivity index (χ0n) is 15.6. The first-order chi connectivity index (χ1) is 13.7. The summed E-state index contributed by atoms with van der Waals surface area (Å²) in [6.45, 7) is 0.670. The first-order valence-electron chi connectivity index (χ1n) is 9.46. The maximum atomic E-state index is 12.9. The third-order valence-corrected chi connectivity index (χ3v) is 5.20. The van der Waals surface area contributed by atoms with Crippen LogP contribution in [-0.4, -0.2) is 22.0 Å². The molecule has 4 rings (SSSR count). The van der Waals surface area contributed by atoms with Crippen LogP contribution in [0.3, 0.4) is 0 Å². The topological polar surface area (TPSA) is 49.8 Å². The molecule has 3 aromatic carbocycles. The number of carbonyl (C=O) groups is 1. The van der Waals surface area contributed by atoms with Crippen LogP contribution in [0.25, 0.3) is 0 Å². The maximum Gasteiger partial charge on any atom is 0.228 e. The van der Waals surface area contributed by atoms with E-state index in [9.17, 15) is 9.90 Å². The number of likely N-dealkylation sites (tertiary alicyclic amines) is 1. The Morgan fingerprint density at radius 1 is 0.857 bits per heavy atom. The molecule has 0 aromatic heterocycles. The SMILES string of the molecule is O=C1CC(OCc2ccccc2)C(O)(c2ccccc2)N1Cc1ccccc1. The van der Waals surface area contributed by atoms with Crippen LogP contribution in [0.4, 0.5) is 0 Å². The van der Waals surface area contributed by atoms with Crippen molar-refractivity contribution < 1.29 is 14.6 Å². The summed E-state index contributed by atoms with van der Waals surface area (Å²) in [7, 11) is 0. The standard InChI is InChI=1S/C24H23NO3/c26-23-16-22(28-18-20-12-6-2-7-13-20)24(27,21-14-8-3-9-15-21)25(23)17-19-10-4-1-5-11-19/h1-15,22,27H,16-18H2. The van der Waals surface area contributed by atoms with Gasteiger partial charge in [0.25, 0.3) is 0 Å². The summed E-state index contributed by atoms with van der Waals surface area (Å²) < 4.78 is 6.08. The molecule has 1 saturated heterocycles. The highest BCUT2D eigenvalue weighted by molar-refractivity contribution is 5.81. The van der Waals surface area contributed by atoms with Gasteiger partial charge in [0.05, 0.1) is 13.0 Å². The Labute approximate surface area is 165 Å². The van der Waals surface area contributed by atoms with E-state index in [0.29, 0.717) is 18.7 Å². The van der Waals surface area contributed by atoms with E-state index in [1.807, 2.05) is 91.0 Å². The van der Waals surface area contributed by atoms with Crippen molar-refractivity contribution in [3.8, 4) is 0 Å². The number of benzene rings is 3. The maximum absolute atomic E-state index is 12.9. The minimum absolute atomic E-state index is 0.117. The first kappa shape index (κ1) is 18.4. The van der Waals surface area contributed by atoms with Gasteiger partial charge in [0.2, 0.25) is 5.91 Å². The molecule has 1 heterocycles. The third kappa shape index (κ3) is 3.57. The lowest BCUT2D eigenvalue weighted by molar-refractivity contribution is -0.180. The van der Waals surface area contributed by atoms with Gasteiger partial charge < -0.3 is 14.7 Å². The highest BCUT2D eigenvalue weighted by Gasteiger charge is 2.53. The zero-order chi connectivity index (χ0) is 19.4. The average Bonchev–Trinajstić information content (AvgIpc) is 3.00. The van der Waals surface area contributed by atoms with Crippen LogP contribution < -0.4 is 0 Å². The van der Waals surface area contributed by atoms with Crippen LogP contribution in [-0.2, 0) is 28.4 Å². The summed E-state index contributed by atoms with van der Waals surface area (Å²) in [5, 5.41) is 11.8. The van der Waals surface area contributed by atoms with Crippen molar-refractivity contribution in [1.82, 2.24) is 4.90 Å². The van der Waals surface area contributed by atoms with Gasteiger partial charge in [-0.05, 0) is 11.1 Å². The number of hydrogen-bond donors (Lipinski definition) is 1. The number of hydrogen-bond acceptors (Lipinski definition) is 3. The van der Waals surface area contributed by atoms with E-state index in [1.165, 1.54) is 4.90 Å². The highest BCUT2D eigenvalue weighted by Crippen LogP contribution is 2.40. The fraction of sp³-hybridized carbons (Fsp3) is 0.208. The van der Waals surface area contributed by atoms with Gasteiger partial charge in [-0.25, -0.2) is 0 Å². The monoisotopic (exact) mass is 373 g/mol. The molecule has 4 nitrogen and oxygen atoms in total. The molecule has 1 fully saturated rings. The average molecular weight is 373 g/mol. The fourth-order valence-corrected chi connectivity index (χ4v) is 3.72. The molecule has 0 spiro atoms. The second-order valence-electron chi connectivity index (χ2n) is 7.05. The first-order valence-corrected chi connectivity index (χ1v) is 9.46. The number of amides is 1. The predicted octanol–water partition coefficient (Wildman–Crippen LogP) is 3.85. The van der Waals surface area contributed by atoms with E-state index in [4.69, 9.17) is 4.74 Å². The summed E-state index contributed by atoms with van der Waals surface area (Å²) in [6.07, 6.45) is -0.503. The van der Waals surface area contributed by atoms with Crippen LogP contribution in [0.15, 0.2) is 91.0 Å². The number of aliphatic hydroxyl groups is 1. The molecule has 1 aliphatic rings. The molecule has 1 N–H and O–H groups in total. The number of carbonyl (C=O) groups excluding carboxylic acids is 1. The van der Waals surface area contributed by atoms with Gasteiger partial charge in [0.1, 0.15) is 6.10 Å². The second-order valence-corrected chi connectivity index (χ2v) is 7.05. The molecule has 1 amide bonds. The molecule has 1 aliphatic heterocycles. The van der Waals surface area contributed by atoms with Crippen LogP contribution >= 0.6 is 0 Å². The summed E-state index contributed by atoms with van der Waals surface area (Å²) >= 11 is 0. The van der Waals surface area contributed by atoms with Crippen molar-refractivity contribution in [3.63, 3.8) is 0 Å². The van der Waals surface area contributed by atoms with Crippen LogP contribution in [0.1, 0.15) is 23.1 Å². The molecule has 0 aliphatic carbocycles. The molecule has 0 saturated carbocycles. The van der Waals surface area contributed by atoms with Crippen LogP contribution in [0, 0.1) is 0 Å². The Morgan fingerprint density at radius 2 is 1.39 bits per heavy atom. The van der Waals surface area contributed by atoms with E-state index in [1.54, 1.807) is 0 Å². The van der Waals surface area contributed by atoms with Crippen molar-refractivity contribution in [2.75, 3.05) is 0 Å². The summed E-state index contributed by atoms with van der Waals surface area (Å²) in [5.74, 6) is -0.117. The molecule has 28 heavy (non-hydrogen) atoms. The molecule has 0 bridgehead atoms. The van der Waals surface area contributed by atoms with Gasteiger partial charge in [-0.3, -0.25) is 4.79 Å². The lowest BCUT2D eigenvalue weighted by Crippen LogP contribution is -2.49. The van der Waals surface area contributed by atoms with Crippen LogP contribution in [0.5, 0.6) is 0 Å². The van der Waals surface area contributed by atoms with Crippen molar-refractivity contribution in [2.45, 2.75) is 31.4 Å². The number of ether oxygens (including phenoxy) is 1. The van der Waals surface area contributed by atoms with E-state index < -0.39 is 11.8 Å². The lowest BCUT2D eigenvalue weighted by Gasteiger charge is -2.37. The normalized spacial score (nSPS) is 21.8. The Morgan fingerprint density at radius 3 is 2.00 bits per heavy atom. The molecule has 4 heteroatoms. The van der Waals surface area contributed by atoms with Gasteiger partial charge in [0, 0.05) is 12.1 Å². The minimum Gasteiger partial charge on any atom is -0.368 e. The fourth-order valence-electron chi connectivity index (χ4n) is 3.72. The Bertz CT molecular complexity index is 914. The summed E-state index contributed by atoms with van der Waals surface area (Å²) in [6, 6.07) is 28.8. The molecule has 2 unspecified atom stereocenters. The Balaban J connectivity index is 1.64. The van der Waals surface area contributed by atoms with E-state index >= 15 is 0 Å².